The predicted octanol–water partition coefficient (Wildman–Crippen LogP) is 3.13. The van der Waals surface area contributed by atoms with Gasteiger partial charge in [-0.05, 0) is 36.4 Å². The van der Waals surface area contributed by atoms with Crippen molar-refractivity contribution in [2.75, 3.05) is 19.0 Å². The number of anilines is 1. The Bertz CT molecular complexity index is 627. The molecule has 0 bridgehead atoms. The molecule has 8 heteroatoms. The molecule has 0 radical (unpaired) electrons. The first-order valence-corrected chi connectivity index (χ1v) is 7.13. The minimum Gasteiger partial charge on any atom is -0.463 e. The second-order valence-electron chi connectivity index (χ2n) is 4.00. The third-order valence-electron chi connectivity index (χ3n) is 2.35. The number of nitrogens with one attached hydrogen (secondary N) is 1. The maximum Gasteiger partial charge on any atom is 0.322 e. The Kier molecular flexibility index (Phi) is 5.26. The topological polar surface area (TPSA) is 59.9 Å². The van der Waals surface area contributed by atoms with Gasteiger partial charge in [-0.1, -0.05) is 6.92 Å². The Balaban J connectivity index is 2.27. The first-order chi connectivity index (χ1) is 10.1. The Morgan fingerprint density at radius 1 is 1.24 bits per heavy atom. The average Bonchev–Trinajstić information content (AvgIpc) is 2.48. The number of hydrogen-bond acceptors (Lipinski definition) is 6. The van der Waals surface area contributed by atoms with E-state index in [0.717, 1.165) is 36.4 Å². The molecular formula is C13H14F2N4OS. The van der Waals surface area contributed by atoms with Crippen molar-refractivity contribution in [1.82, 2.24) is 15.0 Å². The number of halogens is 2. The molecule has 0 aliphatic heterocycles. The first kappa shape index (κ1) is 15.4. The smallest absolute Gasteiger partial charge is 0.322 e. The number of nitrogens with zero attached hydrogens (tertiary/aromatic N) is 3. The van der Waals surface area contributed by atoms with Crippen LogP contribution in [0.25, 0.3) is 0 Å². The van der Waals surface area contributed by atoms with Crippen LogP contribution >= 0.6 is 11.8 Å². The molecule has 5 nitrogen and oxygen atoms in total. The molecule has 0 unspecified atom stereocenters. The molecule has 0 amide bonds. The van der Waals surface area contributed by atoms with E-state index in [4.69, 9.17) is 4.74 Å². The number of benzene rings is 1. The molecule has 1 aromatic carbocycles. The molecule has 1 N–H and O–H groups in total. The van der Waals surface area contributed by atoms with Crippen LogP contribution in [0.1, 0.15) is 13.3 Å². The summed E-state index contributed by atoms with van der Waals surface area (Å²) in [6.07, 6.45) is 0.807. The van der Waals surface area contributed by atoms with Gasteiger partial charge in [-0.25, -0.2) is 8.78 Å². The van der Waals surface area contributed by atoms with Gasteiger partial charge in [0.15, 0.2) is 0 Å². The number of ether oxygens (including phenoxy) is 1. The quantitative estimate of drug-likeness (QED) is 0.884. The highest BCUT2D eigenvalue weighted by molar-refractivity contribution is 7.99. The van der Waals surface area contributed by atoms with Gasteiger partial charge in [-0.15, -0.1) is 0 Å². The lowest BCUT2D eigenvalue weighted by Gasteiger charge is -2.07. The van der Waals surface area contributed by atoms with Gasteiger partial charge in [-0.3, -0.25) is 0 Å². The summed E-state index contributed by atoms with van der Waals surface area (Å²) in [5.41, 5.74) is 0. The maximum atomic E-state index is 13.6. The number of rotatable bonds is 6. The number of hydrogen-bond donors (Lipinski definition) is 1. The van der Waals surface area contributed by atoms with Crippen LogP contribution in [0.3, 0.4) is 0 Å². The number of aromatic nitrogens is 3. The van der Waals surface area contributed by atoms with Crippen molar-refractivity contribution in [2.24, 2.45) is 0 Å². The van der Waals surface area contributed by atoms with Crippen LogP contribution in [0, 0.1) is 11.6 Å². The molecule has 0 fully saturated rings. The van der Waals surface area contributed by atoms with Gasteiger partial charge in [0.05, 0.1) is 11.5 Å². The van der Waals surface area contributed by atoms with Crippen LogP contribution < -0.4 is 10.1 Å². The Hall–Kier alpha value is -1.96. The van der Waals surface area contributed by atoms with E-state index in [1.165, 1.54) is 0 Å². The Morgan fingerprint density at radius 2 is 2.05 bits per heavy atom. The van der Waals surface area contributed by atoms with E-state index in [0.29, 0.717) is 12.6 Å². The van der Waals surface area contributed by atoms with Crippen molar-refractivity contribution in [3.8, 4) is 6.01 Å². The van der Waals surface area contributed by atoms with Gasteiger partial charge in [0, 0.05) is 7.05 Å². The minimum absolute atomic E-state index is 0.102. The fraction of sp³-hybridized carbons (Fsp3) is 0.308. The molecule has 0 spiro atoms. The van der Waals surface area contributed by atoms with Gasteiger partial charge in [0.1, 0.15) is 11.6 Å². The lowest BCUT2D eigenvalue weighted by atomic mass is 10.3. The molecule has 2 rings (SSSR count). The molecule has 21 heavy (non-hydrogen) atoms. The van der Waals surface area contributed by atoms with Crippen molar-refractivity contribution in [3.05, 3.63) is 29.8 Å². The van der Waals surface area contributed by atoms with Crippen molar-refractivity contribution >= 4 is 17.7 Å². The second-order valence-corrected chi connectivity index (χ2v) is 5.01. The van der Waals surface area contributed by atoms with E-state index < -0.39 is 11.6 Å². The molecule has 112 valence electrons. The molecule has 0 aliphatic carbocycles. The zero-order chi connectivity index (χ0) is 15.2. The summed E-state index contributed by atoms with van der Waals surface area (Å²) < 4.78 is 32.2. The summed E-state index contributed by atoms with van der Waals surface area (Å²) >= 11 is 0.908. The molecule has 0 atom stereocenters. The Labute approximate surface area is 125 Å². The summed E-state index contributed by atoms with van der Waals surface area (Å²) in [6, 6.07) is 3.36. The third kappa shape index (κ3) is 4.25. The van der Waals surface area contributed by atoms with E-state index >= 15 is 0 Å². The van der Waals surface area contributed by atoms with Gasteiger partial charge in [0.2, 0.25) is 11.1 Å². The van der Waals surface area contributed by atoms with Gasteiger partial charge >= 0.3 is 6.01 Å². The standard InChI is InChI=1S/C13H14F2N4OS/c1-3-6-20-12-17-11(16-2)18-13(19-12)21-10-7-8(14)4-5-9(10)15/h4-5,7H,3,6H2,1-2H3,(H,16,17,18,19). The van der Waals surface area contributed by atoms with Gasteiger partial charge in [0.25, 0.3) is 0 Å². The molecule has 1 aromatic heterocycles. The van der Waals surface area contributed by atoms with Crippen LogP contribution in [0.5, 0.6) is 6.01 Å². The zero-order valence-electron chi connectivity index (χ0n) is 11.6. The monoisotopic (exact) mass is 312 g/mol. The van der Waals surface area contributed by atoms with Gasteiger partial charge < -0.3 is 10.1 Å². The SMILES string of the molecule is CCCOc1nc(NC)nc(Sc2cc(F)ccc2F)n1. The molecule has 0 aliphatic rings. The normalized spacial score (nSPS) is 10.5. The van der Waals surface area contributed by atoms with Crippen LogP contribution in [-0.4, -0.2) is 28.6 Å². The van der Waals surface area contributed by atoms with Crippen LogP contribution in [0.2, 0.25) is 0 Å². The molecule has 0 saturated carbocycles. The summed E-state index contributed by atoms with van der Waals surface area (Å²) in [4.78, 5) is 12.3. The first-order valence-electron chi connectivity index (χ1n) is 6.32. The van der Waals surface area contributed by atoms with E-state index in [1.807, 2.05) is 6.92 Å². The third-order valence-corrected chi connectivity index (χ3v) is 3.25. The zero-order valence-corrected chi connectivity index (χ0v) is 12.4. The van der Waals surface area contributed by atoms with E-state index in [2.05, 4.69) is 20.3 Å². The summed E-state index contributed by atoms with van der Waals surface area (Å²) in [5.74, 6) is -0.761. The van der Waals surface area contributed by atoms with E-state index in [9.17, 15) is 8.78 Å². The average molecular weight is 312 g/mol. The predicted molar refractivity (Wildman–Crippen MR) is 75.6 cm³/mol. The van der Waals surface area contributed by atoms with E-state index in [1.54, 1.807) is 7.05 Å². The molecule has 1 heterocycles. The van der Waals surface area contributed by atoms with Gasteiger partial charge in [-0.2, -0.15) is 15.0 Å². The highest BCUT2D eigenvalue weighted by Gasteiger charge is 2.12. The second kappa shape index (κ2) is 7.16. The Morgan fingerprint density at radius 3 is 2.76 bits per heavy atom. The van der Waals surface area contributed by atoms with Crippen molar-refractivity contribution < 1.29 is 13.5 Å². The largest absolute Gasteiger partial charge is 0.463 e. The lowest BCUT2D eigenvalue weighted by molar-refractivity contribution is 0.288. The summed E-state index contributed by atoms with van der Waals surface area (Å²) in [7, 11) is 1.65. The molecule has 0 saturated heterocycles. The van der Waals surface area contributed by atoms with Crippen LogP contribution in [0.4, 0.5) is 14.7 Å². The van der Waals surface area contributed by atoms with Crippen molar-refractivity contribution in [2.45, 2.75) is 23.4 Å². The fourth-order valence-corrected chi connectivity index (χ4v) is 2.20. The minimum atomic E-state index is -0.538. The maximum absolute atomic E-state index is 13.6. The van der Waals surface area contributed by atoms with Crippen molar-refractivity contribution in [3.63, 3.8) is 0 Å². The summed E-state index contributed by atoms with van der Waals surface area (Å²) in [6.45, 7) is 2.42. The highest BCUT2D eigenvalue weighted by atomic mass is 32.2. The van der Waals surface area contributed by atoms with Crippen LogP contribution in [0.15, 0.2) is 28.3 Å². The van der Waals surface area contributed by atoms with Crippen LogP contribution in [-0.2, 0) is 0 Å². The fourth-order valence-electron chi connectivity index (χ4n) is 1.41. The summed E-state index contributed by atoms with van der Waals surface area (Å²) in [5, 5.41) is 3.00. The van der Waals surface area contributed by atoms with Crippen molar-refractivity contribution in [1.29, 1.82) is 0 Å². The highest BCUT2D eigenvalue weighted by Crippen LogP contribution is 2.29. The lowest BCUT2D eigenvalue weighted by Crippen LogP contribution is -2.05. The molecular weight excluding hydrogens is 298 g/mol. The van der Waals surface area contributed by atoms with E-state index in [-0.39, 0.29) is 16.1 Å². The molecule has 2 aromatic rings.